The number of ether oxygens (including phenoxy) is 1. The van der Waals surface area contributed by atoms with Crippen LogP contribution in [-0.2, 0) is 6.54 Å². The van der Waals surface area contributed by atoms with Crippen LogP contribution in [0.4, 0.5) is 10.1 Å². The van der Waals surface area contributed by atoms with Crippen LogP contribution in [-0.4, -0.2) is 17.1 Å². The Hall–Kier alpha value is -2.04. The van der Waals surface area contributed by atoms with Crippen LogP contribution in [0, 0.1) is 12.7 Å². The number of aromatic nitrogens is 2. The molecule has 0 saturated heterocycles. The molecule has 0 bridgehead atoms. The Morgan fingerprint density at radius 3 is 2.94 bits per heavy atom. The van der Waals surface area contributed by atoms with Crippen LogP contribution in [0.15, 0.2) is 24.5 Å². The minimum absolute atomic E-state index is 0.230. The van der Waals surface area contributed by atoms with Gasteiger partial charge in [0.2, 0.25) is 0 Å². The van der Waals surface area contributed by atoms with Crippen molar-refractivity contribution in [1.82, 2.24) is 9.97 Å². The van der Waals surface area contributed by atoms with Crippen molar-refractivity contribution in [1.29, 1.82) is 0 Å². The molecule has 0 amide bonds. The molecule has 17 heavy (non-hydrogen) atoms. The first-order valence-electron chi connectivity index (χ1n) is 5.27. The number of aromatic amines is 1. The van der Waals surface area contributed by atoms with Gasteiger partial charge in [0, 0.05) is 17.4 Å². The SMILES string of the molecule is COc1cc(NCc2nc[nH]c2C)ccc1F. The van der Waals surface area contributed by atoms with Crippen LogP contribution in [0.2, 0.25) is 0 Å². The van der Waals surface area contributed by atoms with E-state index in [-0.39, 0.29) is 11.6 Å². The fourth-order valence-corrected chi connectivity index (χ4v) is 1.52. The third-order valence-electron chi connectivity index (χ3n) is 2.55. The number of nitrogens with one attached hydrogen (secondary N) is 2. The molecule has 0 aliphatic carbocycles. The fourth-order valence-electron chi connectivity index (χ4n) is 1.52. The Balaban J connectivity index is 2.07. The van der Waals surface area contributed by atoms with E-state index in [0.717, 1.165) is 17.1 Å². The minimum atomic E-state index is -0.367. The normalized spacial score (nSPS) is 10.3. The van der Waals surface area contributed by atoms with Gasteiger partial charge < -0.3 is 15.0 Å². The summed E-state index contributed by atoms with van der Waals surface area (Å²) in [5, 5.41) is 3.16. The van der Waals surface area contributed by atoms with E-state index in [0.29, 0.717) is 6.54 Å². The van der Waals surface area contributed by atoms with Crippen LogP contribution in [0.5, 0.6) is 5.75 Å². The molecule has 2 N–H and O–H groups in total. The van der Waals surface area contributed by atoms with Gasteiger partial charge >= 0.3 is 0 Å². The number of methoxy groups -OCH3 is 1. The van der Waals surface area contributed by atoms with Gasteiger partial charge in [0.15, 0.2) is 11.6 Å². The average molecular weight is 235 g/mol. The number of imidazole rings is 1. The molecule has 1 heterocycles. The largest absolute Gasteiger partial charge is 0.494 e. The number of halogens is 1. The van der Waals surface area contributed by atoms with Gasteiger partial charge in [-0.3, -0.25) is 0 Å². The van der Waals surface area contributed by atoms with Crippen molar-refractivity contribution < 1.29 is 9.13 Å². The number of anilines is 1. The number of rotatable bonds is 4. The van der Waals surface area contributed by atoms with Crippen LogP contribution in [0.1, 0.15) is 11.4 Å². The lowest BCUT2D eigenvalue weighted by molar-refractivity contribution is 0.387. The molecule has 2 rings (SSSR count). The minimum Gasteiger partial charge on any atom is -0.494 e. The smallest absolute Gasteiger partial charge is 0.165 e. The number of H-pyrrole nitrogens is 1. The zero-order valence-electron chi connectivity index (χ0n) is 9.75. The number of hydrogen-bond acceptors (Lipinski definition) is 3. The zero-order valence-corrected chi connectivity index (χ0v) is 9.75. The second-order valence-corrected chi connectivity index (χ2v) is 3.68. The average Bonchev–Trinajstić information content (AvgIpc) is 2.74. The highest BCUT2D eigenvalue weighted by Gasteiger charge is 2.04. The van der Waals surface area contributed by atoms with Crippen molar-refractivity contribution in [3.63, 3.8) is 0 Å². The van der Waals surface area contributed by atoms with Gasteiger partial charge in [-0.1, -0.05) is 0 Å². The molecule has 5 heteroatoms. The van der Waals surface area contributed by atoms with Crippen molar-refractivity contribution >= 4 is 5.69 Å². The molecule has 0 saturated carbocycles. The second kappa shape index (κ2) is 4.86. The summed E-state index contributed by atoms with van der Waals surface area (Å²) in [6.45, 7) is 2.54. The van der Waals surface area contributed by atoms with E-state index >= 15 is 0 Å². The van der Waals surface area contributed by atoms with E-state index < -0.39 is 0 Å². The molecule has 4 nitrogen and oxygen atoms in total. The number of benzene rings is 1. The maximum atomic E-state index is 13.2. The summed E-state index contributed by atoms with van der Waals surface area (Å²) in [5.74, 6) is -0.136. The molecular weight excluding hydrogens is 221 g/mol. The number of aryl methyl sites for hydroxylation is 1. The fraction of sp³-hybridized carbons (Fsp3) is 0.250. The molecule has 1 aromatic carbocycles. The predicted octanol–water partition coefficient (Wildman–Crippen LogP) is 2.48. The van der Waals surface area contributed by atoms with Crippen molar-refractivity contribution in [2.75, 3.05) is 12.4 Å². The molecule has 0 atom stereocenters. The standard InChI is InChI=1S/C12H14FN3O/c1-8-11(16-7-15-8)6-14-9-3-4-10(13)12(5-9)17-2/h3-5,7,14H,6H2,1-2H3,(H,15,16). The quantitative estimate of drug-likeness (QED) is 0.856. The van der Waals surface area contributed by atoms with Gasteiger partial charge in [-0.2, -0.15) is 0 Å². The predicted molar refractivity (Wildman–Crippen MR) is 63.6 cm³/mol. The van der Waals surface area contributed by atoms with Crippen molar-refractivity contribution in [2.45, 2.75) is 13.5 Å². The first-order valence-corrected chi connectivity index (χ1v) is 5.27. The van der Waals surface area contributed by atoms with Gasteiger partial charge in [-0.05, 0) is 19.1 Å². The first kappa shape index (κ1) is 11.4. The Morgan fingerprint density at radius 1 is 1.47 bits per heavy atom. The van der Waals surface area contributed by atoms with Crippen molar-refractivity contribution in [2.24, 2.45) is 0 Å². The van der Waals surface area contributed by atoms with Crippen molar-refractivity contribution in [3.05, 3.63) is 41.7 Å². The Morgan fingerprint density at radius 2 is 2.29 bits per heavy atom. The van der Waals surface area contributed by atoms with Crippen LogP contribution in [0.25, 0.3) is 0 Å². The molecular formula is C12H14FN3O. The summed E-state index contributed by atoms with van der Waals surface area (Å²) in [4.78, 5) is 7.17. The molecule has 90 valence electrons. The van der Waals surface area contributed by atoms with Gasteiger partial charge in [0.05, 0.1) is 25.7 Å². The van der Waals surface area contributed by atoms with E-state index in [2.05, 4.69) is 15.3 Å². The molecule has 0 radical (unpaired) electrons. The van der Waals surface area contributed by atoms with E-state index in [1.165, 1.54) is 13.2 Å². The Bertz CT molecular complexity index is 510. The lowest BCUT2D eigenvalue weighted by Crippen LogP contribution is -2.02. The monoisotopic (exact) mass is 235 g/mol. The molecule has 0 spiro atoms. The molecule has 0 fully saturated rings. The lowest BCUT2D eigenvalue weighted by Gasteiger charge is -2.08. The summed E-state index contributed by atoms with van der Waals surface area (Å²) >= 11 is 0. The topological polar surface area (TPSA) is 49.9 Å². The number of nitrogens with zero attached hydrogens (tertiary/aromatic N) is 1. The summed E-state index contributed by atoms with van der Waals surface area (Å²) in [6.07, 6.45) is 1.65. The summed E-state index contributed by atoms with van der Waals surface area (Å²) in [6, 6.07) is 4.66. The summed E-state index contributed by atoms with van der Waals surface area (Å²) in [5.41, 5.74) is 2.76. The highest BCUT2D eigenvalue weighted by atomic mass is 19.1. The molecule has 0 unspecified atom stereocenters. The van der Waals surface area contributed by atoms with E-state index in [4.69, 9.17) is 4.74 Å². The molecule has 0 aliphatic rings. The van der Waals surface area contributed by atoms with Gasteiger partial charge in [-0.15, -0.1) is 0 Å². The molecule has 0 aliphatic heterocycles. The Kier molecular flexibility index (Phi) is 3.27. The van der Waals surface area contributed by atoms with Crippen molar-refractivity contribution in [3.8, 4) is 5.75 Å². The first-order chi connectivity index (χ1) is 8.20. The maximum absolute atomic E-state index is 13.2. The zero-order chi connectivity index (χ0) is 12.3. The second-order valence-electron chi connectivity index (χ2n) is 3.68. The highest BCUT2D eigenvalue weighted by Crippen LogP contribution is 2.21. The van der Waals surface area contributed by atoms with Crippen LogP contribution < -0.4 is 10.1 Å². The summed E-state index contributed by atoms with van der Waals surface area (Å²) in [7, 11) is 1.44. The van der Waals surface area contributed by atoms with E-state index in [9.17, 15) is 4.39 Å². The number of hydrogen-bond donors (Lipinski definition) is 2. The highest BCUT2D eigenvalue weighted by molar-refractivity contribution is 5.49. The van der Waals surface area contributed by atoms with Gasteiger partial charge in [0.25, 0.3) is 0 Å². The Labute approximate surface area is 98.8 Å². The summed E-state index contributed by atoms with van der Waals surface area (Å²) < 4.78 is 18.1. The van der Waals surface area contributed by atoms with Crippen LogP contribution in [0.3, 0.4) is 0 Å². The van der Waals surface area contributed by atoms with Gasteiger partial charge in [-0.25, -0.2) is 9.37 Å². The van der Waals surface area contributed by atoms with E-state index in [1.807, 2.05) is 6.92 Å². The third kappa shape index (κ3) is 2.55. The van der Waals surface area contributed by atoms with Gasteiger partial charge in [0.1, 0.15) is 0 Å². The molecule has 2 aromatic rings. The third-order valence-corrected chi connectivity index (χ3v) is 2.55. The van der Waals surface area contributed by atoms with Crippen LogP contribution >= 0.6 is 0 Å². The molecule has 1 aromatic heterocycles. The lowest BCUT2D eigenvalue weighted by atomic mass is 10.2. The maximum Gasteiger partial charge on any atom is 0.165 e. The van der Waals surface area contributed by atoms with E-state index in [1.54, 1.807) is 18.5 Å².